The zero-order valence-electron chi connectivity index (χ0n) is 18.9. The molecule has 1 amide bonds. The number of aromatic amines is 1. The van der Waals surface area contributed by atoms with E-state index in [2.05, 4.69) is 26.7 Å². The standard InChI is InChI=1S/C25H29N7O2/c26-21(13-17-5-7-19(33)8-6-17)23-16-32(30-29-23)24(25(34)31-11-9-27-10-12-31)14-18-15-28-22-4-2-1-3-20(18)22/h1-8,15-16,21,24,27-28,33H,9-14,26H2/t21-,24-/m0/s1. The molecule has 9 heteroatoms. The van der Waals surface area contributed by atoms with Crippen LogP contribution in [0.5, 0.6) is 5.75 Å². The van der Waals surface area contributed by atoms with Crippen molar-refractivity contribution in [1.29, 1.82) is 0 Å². The van der Waals surface area contributed by atoms with Crippen molar-refractivity contribution in [2.24, 2.45) is 5.73 Å². The number of carbonyl (C=O) groups excluding carboxylic acids is 1. The molecule has 0 spiro atoms. The van der Waals surface area contributed by atoms with E-state index in [1.807, 2.05) is 41.4 Å². The molecule has 2 aromatic heterocycles. The minimum absolute atomic E-state index is 0.0373. The van der Waals surface area contributed by atoms with Crippen LogP contribution in [0.15, 0.2) is 60.9 Å². The highest BCUT2D eigenvalue weighted by Crippen LogP contribution is 2.25. The Morgan fingerprint density at radius 1 is 1.09 bits per heavy atom. The number of aromatic hydroxyl groups is 1. The number of phenolic OH excluding ortho intramolecular Hbond substituents is 1. The van der Waals surface area contributed by atoms with Crippen LogP contribution in [0.2, 0.25) is 0 Å². The summed E-state index contributed by atoms with van der Waals surface area (Å²) in [6, 6.07) is 14.2. The summed E-state index contributed by atoms with van der Waals surface area (Å²) in [5.41, 5.74) is 10.2. The smallest absolute Gasteiger partial charge is 0.247 e. The third kappa shape index (κ3) is 4.66. The largest absolute Gasteiger partial charge is 0.508 e. The summed E-state index contributed by atoms with van der Waals surface area (Å²) in [5.74, 6) is 0.255. The van der Waals surface area contributed by atoms with Crippen molar-refractivity contribution in [2.45, 2.75) is 24.9 Å². The normalized spacial score (nSPS) is 16.0. The van der Waals surface area contributed by atoms with Crippen molar-refractivity contribution < 1.29 is 9.90 Å². The number of aromatic nitrogens is 4. The van der Waals surface area contributed by atoms with Gasteiger partial charge in [0.1, 0.15) is 11.8 Å². The summed E-state index contributed by atoms with van der Waals surface area (Å²) >= 11 is 0. The van der Waals surface area contributed by atoms with E-state index in [4.69, 9.17) is 5.73 Å². The number of rotatable bonds is 7. The van der Waals surface area contributed by atoms with E-state index in [1.165, 1.54) is 0 Å². The second kappa shape index (κ2) is 9.66. The Morgan fingerprint density at radius 3 is 2.65 bits per heavy atom. The lowest BCUT2D eigenvalue weighted by atomic mass is 10.0. The molecule has 1 fully saturated rings. The van der Waals surface area contributed by atoms with Gasteiger partial charge in [0.05, 0.1) is 17.9 Å². The van der Waals surface area contributed by atoms with Crippen molar-refractivity contribution >= 4 is 16.8 Å². The number of piperazine rings is 1. The lowest BCUT2D eigenvalue weighted by Crippen LogP contribution is -2.49. The van der Waals surface area contributed by atoms with E-state index in [9.17, 15) is 9.90 Å². The first-order valence-corrected chi connectivity index (χ1v) is 11.6. The van der Waals surface area contributed by atoms with Crippen LogP contribution in [0.25, 0.3) is 10.9 Å². The van der Waals surface area contributed by atoms with Crippen LogP contribution < -0.4 is 11.1 Å². The molecule has 0 bridgehead atoms. The number of carbonyl (C=O) groups is 1. The van der Waals surface area contributed by atoms with Crippen LogP contribution in [0.3, 0.4) is 0 Å². The SMILES string of the molecule is N[C@@H](Cc1ccc(O)cc1)c1cn([C@@H](Cc2c[nH]c3ccccc23)C(=O)N2CCNCC2)nn1. The first-order valence-electron chi connectivity index (χ1n) is 11.6. The highest BCUT2D eigenvalue weighted by Gasteiger charge is 2.29. The van der Waals surface area contributed by atoms with Crippen molar-refractivity contribution in [1.82, 2.24) is 30.2 Å². The summed E-state index contributed by atoms with van der Waals surface area (Å²) < 4.78 is 1.66. The van der Waals surface area contributed by atoms with Crippen molar-refractivity contribution in [3.63, 3.8) is 0 Å². The Bertz CT molecular complexity index is 1260. The van der Waals surface area contributed by atoms with Crippen LogP contribution >= 0.6 is 0 Å². The summed E-state index contributed by atoms with van der Waals surface area (Å²) in [7, 11) is 0. The summed E-state index contributed by atoms with van der Waals surface area (Å²) in [4.78, 5) is 18.8. The van der Waals surface area contributed by atoms with Crippen LogP contribution in [-0.2, 0) is 17.6 Å². The van der Waals surface area contributed by atoms with Gasteiger partial charge in [-0.05, 0) is 35.7 Å². The van der Waals surface area contributed by atoms with E-state index in [0.29, 0.717) is 31.6 Å². The van der Waals surface area contributed by atoms with E-state index in [-0.39, 0.29) is 17.7 Å². The van der Waals surface area contributed by atoms with Crippen LogP contribution in [0.4, 0.5) is 0 Å². The summed E-state index contributed by atoms with van der Waals surface area (Å²) in [6.07, 6.45) is 4.82. The van der Waals surface area contributed by atoms with Gasteiger partial charge in [0.15, 0.2) is 0 Å². The van der Waals surface area contributed by atoms with Gasteiger partial charge >= 0.3 is 0 Å². The maximum absolute atomic E-state index is 13.6. The molecule has 0 radical (unpaired) electrons. The van der Waals surface area contributed by atoms with Gasteiger partial charge in [0.2, 0.25) is 5.91 Å². The number of hydrogen-bond acceptors (Lipinski definition) is 6. The second-order valence-electron chi connectivity index (χ2n) is 8.76. The monoisotopic (exact) mass is 459 g/mol. The Balaban J connectivity index is 1.41. The van der Waals surface area contributed by atoms with Gasteiger partial charge in [-0.25, -0.2) is 4.68 Å². The molecule has 2 aromatic carbocycles. The Hall–Kier alpha value is -3.69. The maximum Gasteiger partial charge on any atom is 0.247 e. The molecule has 9 nitrogen and oxygen atoms in total. The Labute approximate surface area is 197 Å². The molecule has 4 aromatic rings. The molecule has 0 unspecified atom stereocenters. The number of para-hydroxylation sites is 1. The molecule has 2 atom stereocenters. The average molecular weight is 460 g/mol. The molecule has 0 aliphatic carbocycles. The molecule has 3 heterocycles. The van der Waals surface area contributed by atoms with Crippen LogP contribution in [-0.4, -0.2) is 62.1 Å². The topological polar surface area (TPSA) is 125 Å². The molecule has 176 valence electrons. The quantitative estimate of drug-likeness (QED) is 0.335. The summed E-state index contributed by atoms with van der Waals surface area (Å²) in [5, 5.41) is 22.6. The summed E-state index contributed by atoms with van der Waals surface area (Å²) in [6.45, 7) is 2.91. The molecule has 1 aliphatic rings. The highest BCUT2D eigenvalue weighted by atomic mass is 16.3. The van der Waals surface area contributed by atoms with Gasteiger partial charge in [0, 0.05) is 49.7 Å². The fourth-order valence-corrected chi connectivity index (χ4v) is 4.50. The zero-order valence-corrected chi connectivity index (χ0v) is 18.9. The first kappa shape index (κ1) is 22.1. The van der Waals surface area contributed by atoms with E-state index >= 15 is 0 Å². The molecular formula is C25H29N7O2. The number of nitrogens with one attached hydrogen (secondary N) is 2. The van der Waals surface area contributed by atoms with Crippen molar-refractivity contribution in [3.8, 4) is 5.75 Å². The molecule has 1 aliphatic heterocycles. The number of amides is 1. The highest BCUT2D eigenvalue weighted by molar-refractivity contribution is 5.85. The predicted octanol–water partition coefficient (Wildman–Crippen LogP) is 1.92. The van der Waals surface area contributed by atoms with E-state index in [1.54, 1.807) is 23.0 Å². The van der Waals surface area contributed by atoms with Gasteiger partial charge in [-0.1, -0.05) is 35.5 Å². The minimum Gasteiger partial charge on any atom is -0.508 e. The van der Waals surface area contributed by atoms with Gasteiger partial charge in [-0.3, -0.25) is 4.79 Å². The van der Waals surface area contributed by atoms with E-state index < -0.39 is 6.04 Å². The number of phenols is 1. The van der Waals surface area contributed by atoms with Crippen molar-refractivity contribution in [3.05, 3.63) is 77.7 Å². The predicted molar refractivity (Wildman–Crippen MR) is 129 cm³/mol. The number of H-pyrrole nitrogens is 1. The number of hydrogen-bond donors (Lipinski definition) is 4. The third-order valence-electron chi connectivity index (χ3n) is 6.42. The third-order valence-corrected chi connectivity index (χ3v) is 6.42. The Morgan fingerprint density at radius 2 is 1.85 bits per heavy atom. The molecule has 5 N–H and O–H groups in total. The fourth-order valence-electron chi connectivity index (χ4n) is 4.50. The van der Waals surface area contributed by atoms with Crippen molar-refractivity contribution in [2.75, 3.05) is 26.2 Å². The molecule has 0 saturated carbocycles. The Kier molecular flexibility index (Phi) is 6.29. The maximum atomic E-state index is 13.6. The van der Waals surface area contributed by atoms with Crippen LogP contribution in [0, 0.1) is 0 Å². The van der Waals surface area contributed by atoms with Gasteiger partial charge in [-0.15, -0.1) is 5.10 Å². The van der Waals surface area contributed by atoms with Gasteiger partial charge in [-0.2, -0.15) is 0 Å². The van der Waals surface area contributed by atoms with E-state index in [0.717, 1.165) is 35.1 Å². The van der Waals surface area contributed by atoms with Gasteiger partial charge < -0.3 is 26.0 Å². The fraction of sp³-hybridized carbons (Fsp3) is 0.320. The molecular weight excluding hydrogens is 430 g/mol. The lowest BCUT2D eigenvalue weighted by Gasteiger charge is -2.30. The number of nitrogens with zero attached hydrogens (tertiary/aromatic N) is 4. The molecule has 34 heavy (non-hydrogen) atoms. The first-order chi connectivity index (χ1) is 16.6. The van der Waals surface area contributed by atoms with Gasteiger partial charge in [0.25, 0.3) is 0 Å². The second-order valence-corrected chi connectivity index (χ2v) is 8.76. The number of nitrogens with two attached hydrogens (primary N) is 1. The lowest BCUT2D eigenvalue weighted by molar-refractivity contribution is -0.135. The molecule has 1 saturated heterocycles. The number of benzene rings is 2. The average Bonchev–Trinajstić information content (AvgIpc) is 3.52. The minimum atomic E-state index is -0.514. The number of fused-ring (bicyclic) bond motifs is 1. The zero-order chi connectivity index (χ0) is 23.5. The van der Waals surface area contributed by atoms with Crippen LogP contribution in [0.1, 0.15) is 28.9 Å². The molecule has 5 rings (SSSR count).